The van der Waals surface area contributed by atoms with Crippen LogP contribution in [-0.2, 0) is 48.3 Å². The second-order valence-electron chi connectivity index (χ2n) is 10.7. The summed E-state index contributed by atoms with van der Waals surface area (Å²) in [5, 5.41) is 0. The number of esters is 1. The predicted molar refractivity (Wildman–Crippen MR) is 150 cm³/mol. The molecule has 0 aliphatic rings. The molecule has 1 atom stereocenters. The molecule has 0 amide bonds. The van der Waals surface area contributed by atoms with Gasteiger partial charge in [-0.25, -0.2) is 0 Å². The standard InChI is InChI=1S/C23H45NO9S4.Rf/c1-22(2,3)18-20(33-23(4,5)6)19-31-11-7-13-34-14-9-15-35-16-10-21(25)32-12-8-17-37(29,30)24(26)36(27)28;/h20H,7-19H2,1-6H3;. The molecule has 0 rings (SSSR count). The zero-order valence-corrected chi connectivity index (χ0v) is 33.4. The van der Waals surface area contributed by atoms with Gasteiger partial charge in [0.25, 0.3) is 10.9 Å². The van der Waals surface area contributed by atoms with E-state index in [4.69, 9.17) is 14.2 Å². The molecule has 0 saturated carbocycles. The van der Waals surface area contributed by atoms with E-state index in [9.17, 15) is 26.5 Å². The fourth-order valence-corrected chi connectivity index (χ4v) is 6.60. The van der Waals surface area contributed by atoms with Crippen molar-refractivity contribution in [2.45, 2.75) is 85.4 Å². The second-order valence-corrected chi connectivity index (χ2v) is 16.0. The Labute approximate surface area is 233 Å². The van der Waals surface area contributed by atoms with Gasteiger partial charge in [-0.1, -0.05) is 20.8 Å². The van der Waals surface area contributed by atoms with Crippen LogP contribution >= 0.6 is 23.5 Å². The van der Waals surface area contributed by atoms with Crippen molar-refractivity contribution in [1.29, 1.82) is 0 Å². The van der Waals surface area contributed by atoms with Gasteiger partial charge in [-0.05, 0) is 62.7 Å². The molecule has 0 spiro atoms. The summed E-state index contributed by atoms with van der Waals surface area (Å²) < 4.78 is 59.5. The zero-order valence-electron chi connectivity index (χ0n) is 23.7. The molecule has 1 unspecified atom stereocenters. The molecule has 38 heavy (non-hydrogen) atoms. The SMILES string of the molecule is CC(C)(C)CC(COCCCSCCCSCCC(=O)OCCCS(=O)(=O)[N+](=O)[S-](=O)=O)OC(C)(C)C.[Rf]. The summed E-state index contributed by atoms with van der Waals surface area (Å²) in [5.74, 6) is 2.44. The second kappa shape index (κ2) is 19.6. The summed E-state index contributed by atoms with van der Waals surface area (Å²) in [7, 11) is -7.85. The number of hydrogen-bond donors (Lipinski definition) is 0. The zero-order chi connectivity index (χ0) is 28.5. The largest absolute Gasteiger partial charge is 0.466 e. The number of ether oxygens (including phenoxy) is 3. The number of sulfonamides is 1. The fraction of sp³-hybridized carbons (Fsp3) is 0.957. The number of nitroso groups, excluding NO2 is 1. The Morgan fingerprint density at radius 3 is 2.05 bits per heavy atom. The molecule has 0 radical (unpaired) electrons. The molecule has 222 valence electrons. The van der Waals surface area contributed by atoms with Crippen molar-refractivity contribution < 1.29 is 39.4 Å². The molecule has 0 bridgehead atoms. The van der Waals surface area contributed by atoms with Crippen molar-refractivity contribution in [2.75, 3.05) is 48.6 Å². The van der Waals surface area contributed by atoms with E-state index in [0.29, 0.717) is 12.4 Å². The first-order valence-electron chi connectivity index (χ1n) is 12.4. The number of thioether (sulfide) groups is 2. The van der Waals surface area contributed by atoms with E-state index in [-0.39, 0.29) is 36.6 Å². The van der Waals surface area contributed by atoms with E-state index >= 15 is 0 Å². The third-order valence-electron chi connectivity index (χ3n) is 4.43. The Kier molecular flexibility index (Phi) is 20.0. The number of nitrogens with zero attached hydrogens (tertiary/aromatic N) is 1. The van der Waals surface area contributed by atoms with Gasteiger partial charge in [0.2, 0.25) is 0 Å². The molecule has 0 aliphatic heterocycles. The molecule has 0 fully saturated rings. The smallest absolute Gasteiger partial charge is 0.396 e. The molecule has 0 aromatic heterocycles. The topological polar surface area (TPSA) is 133 Å². The molecule has 0 heterocycles. The number of carbonyl (C=O) groups is 1. The van der Waals surface area contributed by atoms with Crippen molar-refractivity contribution in [3.05, 3.63) is 4.91 Å². The molecule has 0 aromatic rings. The van der Waals surface area contributed by atoms with E-state index in [0.717, 1.165) is 43.1 Å². The minimum Gasteiger partial charge on any atom is -0.466 e. The van der Waals surface area contributed by atoms with Crippen molar-refractivity contribution >= 4 is 50.4 Å². The minimum atomic E-state index is -4.46. The number of carbonyl (C=O) groups excluding carboxylic acids is 1. The van der Waals surface area contributed by atoms with Crippen LogP contribution in [0.5, 0.6) is 0 Å². The third kappa shape index (κ3) is 22.6. The summed E-state index contributed by atoms with van der Waals surface area (Å²) >= 11 is 3.54. The predicted octanol–water partition coefficient (Wildman–Crippen LogP) is 4.53. The Morgan fingerprint density at radius 1 is 0.921 bits per heavy atom. The first kappa shape index (κ1) is 38.7. The normalized spacial score (nSPS) is 13.2. The summed E-state index contributed by atoms with van der Waals surface area (Å²) in [4.78, 5) is 22.6. The van der Waals surface area contributed by atoms with Crippen LogP contribution in [0.15, 0.2) is 0 Å². The molecule has 0 N–H and O–H groups in total. The summed E-state index contributed by atoms with van der Waals surface area (Å²) in [6.07, 6.45) is 3.11. The average Bonchev–Trinajstić information content (AvgIpc) is 2.74. The van der Waals surface area contributed by atoms with Gasteiger partial charge >= 0.3 is 16.0 Å². The summed E-state index contributed by atoms with van der Waals surface area (Å²) in [5.41, 5.74) is -0.00508. The van der Waals surface area contributed by atoms with Crippen LogP contribution in [0.1, 0.15) is 73.6 Å². The van der Waals surface area contributed by atoms with Gasteiger partial charge < -0.3 is 22.6 Å². The van der Waals surface area contributed by atoms with E-state index in [1.165, 1.54) is 0 Å². The molecular formula is C23H45NO9RfS4. The number of rotatable bonds is 21. The maximum atomic E-state index is 11.7. The molecule has 0 saturated heterocycles. The van der Waals surface area contributed by atoms with Gasteiger partial charge in [0, 0.05) is 23.7 Å². The van der Waals surface area contributed by atoms with Gasteiger partial charge in [-0.3, -0.25) is 4.79 Å². The quantitative estimate of drug-likeness (QED) is 0.0698. The van der Waals surface area contributed by atoms with Gasteiger partial charge in [-0.15, -0.1) is 0 Å². The maximum Gasteiger partial charge on any atom is 0.396 e. The average molecular weight is 875 g/mol. The fourth-order valence-electron chi connectivity index (χ4n) is 3.08. The van der Waals surface area contributed by atoms with Crippen LogP contribution in [-0.4, -0.2) is 78.2 Å². The van der Waals surface area contributed by atoms with Crippen molar-refractivity contribution in [2.24, 2.45) is 5.41 Å². The van der Waals surface area contributed by atoms with Crippen molar-refractivity contribution in [3.8, 4) is 0 Å². The Balaban J connectivity index is 0. The van der Waals surface area contributed by atoms with Crippen LogP contribution in [0.25, 0.3) is 0 Å². The summed E-state index contributed by atoms with van der Waals surface area (Å²) in [6.45, 7) is 14.0. The Bertz CT molecular complexity index is 830. The van der Waals surface area contributed by atoms with Gasteiger partial charge in [0.15, 0.2) is 0 Å². The molecule has 15 heteroatoms. The van der Waals surface area contributed by atoms with E-state index < -0.39 is 36.2 Å². The molecule has 0 aliphatic carbocycles. The van der Waals surface area contributed by atoms with Crippen LogP contribution in [0.2, 0.25) is 0 Å². The van der Waals surface area contributed by atoms with Crippen LogP contribution in [0, 0.1) is 10.3 Å². The van der Waals surface area contributed by atoms with E-state index in [1.807, 2.05) is 11.8 Å². The first-order chi connectivity index (χ1) is 17.0. The third-order valence-corrected chi connectivity index (χ3v) is 9.20. The minimum absolute atomic E-state index is 0. The van der Waals surface area contributed by atoms with Gasteiger partial charge in [-0.2, -0.15) is 31.9 Å². The Morgan fingerprint density at radius 2 is 1.50 bits per heavy atom. The van der Waals surface area contributed by atoms with Crippen molar-refractivity contribution in [3.63, 3.8) is 0 Å². The van der Waals surface area contributed by atoms with Gasteiger partial charge in [0.1, 0.15) is 9.32 Å². The van der Waals surface area contributed by atoms with E-state index in [1.54, 1.807) is 11.8 Å². The molecule has 0 aromatic carbocycles. The van der Waals surface area contributed by atoms with Crippen LogP contribution in [0.4, 0.5) is 0 Å². The van der Waals surface area contributed by atoms with E-state index in [2.05, 4.69) is 41.5 Å². The molecular weight excluding hydrogens is 830 g/mol. The number of hydrogen-bond acceptors (Lipinski definition) is 12. The monoisotopic (exact) mass is 874 g/mol. The van der Waals surface area contributed by atoms with Crippen LogP contribution in [0.3, 0.4) is 0 Å². The summed E-state index contributed by atoms with van der Waals surface area (Å²) in [6, 6.07) is 0. The van der Waals surface area contributed by atoms with Crippen molar-refractivity contribution in [1.82, 2.24) is 0 Å². The van der Waals surface area contributed by atoms with Crippen LogP contribution < -0.4 is 0 Å². The van der Waals surface area contributed by atoms with Gasteiger partial charge in [0.05, 0.1) is 31.3 Å². The first-order valence-corrected chi connectivity index (χ1v) is 17.3. The maximum absolute atomic E-state index is 11.7. The Hall–Kier alpha value is -1.41. The molecule has 10 nitrogen and oxygen atoms in total.